The average molecular weight is 317 g/mol. The van der Waals surface area contributed by atoms with Crippen LogP contribution in [0, 0.1) is 0 Å². The van der Waals surface area contributed by atoms with Gasteiger partial charge < -0.3 is 10.6 Å². The SMILES string of the molecule is CS(=O)(=O)CC[C@@H](N)C(=O)N1CCc2c(Cl)cccc21. The lowest BCUT2D eigenvalue weighted by Gasteiger charge is -2.21. The van der Waals surface area contributed by atoms with Crippen molar-refractivity contribution in [3.63, 3.8) is 0 Å². The lowest BCUT2D eigenvalue weighted by atomic mass is 10.1. The van der Waals surface area contributed by atoms with Gasteiger partial charge in [0, 0.05) is 23.5 Å². The Labute approximate surface area is 123 Å². The van der Waals surface area contributed by atoms with Crippen molar-refractivity contribution in [1.29, 1.82) is 0 Å². The highest BCUT2D eigenvalue weighted by molar-refractivity contribution is 7.90. The molecule has 0 bridgehead atoms. The van der Waals surface area contributed by atoms with E-state index in [4.69, 9.17) is 17.3 Å². The third-order valence-corrected chi connectivity index (χ3v) is 4.68. The highest BCUT2D eigenvalue weighted by atomic mass is 35.5. The van der Waals surface area contributed by atoms with Crippen molar-refractivity contribution in [2.45, 2.75) is 18.9 Å². The zero-order valence-corrected chi connectivity index (χ0v) is 12.7. The first-order valence-electron chi connectivity index (χ1n) is 6.31. The van der Waals surface area contributed by atoms with Crippen LogP contribution in [0.1, 0.15) is 12.0 Å². The molecule has 0 saturated carbocycles. The zero-order valence-electron chi connectivity index (χ0n) is 11.2. The number of fused-ring (bicyclic) bond motifs is 1. The van der Waals surface area contributed by atoms with Crippen molar-refractivity contribution in [2.24, 2.45) is 5.73 Å². The average Bonchev–Trinajstić information content (AvgIpc) is 2.79. The van der Waals surface area contributed by atoms with Crippen LogP contribution in [0.4, 0.5) is 5.69 Å². The highest BCUT2D eigenvalue weighted by Gasteiger charge is 2.29. The van der Waals surface area contributed by atoms with Gasteiger partial charge in [-0.05, 0) is 30.5 Å². The lowest BCUT2D eigenvalue weighted by molar-refractivity contribution is -0.119. The van der Waals surface area contributed by atoms with E-state index >= 15 is 0 Å². The Morgan fingerprint density at radius 1 is 1.50 bits per heavy atom. The molecule has 0 spiro atoms. The Bertz CT molecular complexity index is 631. The second kappa shape index (κ2) is 5.71. The number of halogens is 1. The summed E-state index contributed by atoms with van der Waals surface area (Å²) in [6.07, 6.45) is 1.96. The van der Waals surface area contributed by atoms with Gasteiger partial charge in [0.25, 0.3) is 0 Å². The molecule has 0 fully saturated rings. The van der Waals surface area contributed by atoms with Crippen LogP contribution >= 0.6 is 11.6 Å². The largest absolute Gasteiger partial charge is 0.320 e. The van der Waals surface area contributed by atoms with E-state index in [1.807, 2.05) is 6.07 Å². The first kappa shape index (κ1) is 15.3. The number of benzene rings is 1. The van der Waals surface area contributed by atoms with Crippen LogP contribution in [0.3, 0.4) is 0 Å². The van der Waals surface area contributed by atoms with Gasteiger partial charge in [0.05, 0.1) is 11.8 Å². The van der Waals surface area contributed by atoms with Gasteiger partial charge in [-0.1, -0.05) is 17.7 Å². The molecule has 20 heavy (non-hydrogen) atoms. The van der Waals surface area contributed by atoms with E-state index in [2.05, 4.69) is 0 Å². The first-order chi connectivity index (χ1) is 9.29. The summed E-state index contributed by atoms with van der Waals surface area (Å²) in [6.45, 7) is 0.532. The Morgan fingerprint density at radius 3 is 2.85 bits per heavy atom. The number of rotatable bonds is 4. The molecule has 0 saturated heterocycles. The van der Waals surface area contributed by atoms with Crippen LogP contribution in [0.15, 0.2) is 18.2 Å². The monoisotopic (exact) mass is 316 g/mol. The summed E-state index contributed by atoms with van der Waals surface area (Å²) in [5, 5.41) is 0.641. The third-order valence-electron chi connectivity index (χ3n) is 3.35. The van der Waals surface area contributed by atoms with E-state index in [1.165, 1.54) is 0 Å². The van der Waals surface area contributed by atoms with E-state index in [1.54, 1.807) is 17.0 Å². The van der Waals surface area contributed by atoms with E-state index in [0.717, 1.165) is 17.5 Å². The molecule has 1 heterocycles. The van der Waals surface area contributed by atoms with E-state index in [-0.39, 0.29) is 18.1 Å². The quantitative estimate of drug-likeness (QED) is 0.898. The number of anilines is 1. The molecule has 2 rings (SSSR count). The second-order valence-electron chi connectivity index (χ2n) is 5.00. The van der Waals surface area contributed by atoms with Crippen molar-refractivity contribution in [1.82, 2.24) is 0 Å². The lowest BCUT2D eigenvalue weighted by Crippen LogP contribution is -2.44. The summed E-state index contributed by atoms with van der Waals surface area (Å²) in [7, 11) is -3.12. The van der Waals surface area contributed by atoms with Crippen LogP contribution < -0.4 is 10.6 Å². The fourth-order valence-corrected chi connectivity index (χ4v) is 3.23. The first-order valence-corrected chi connectivity index (χ1v) is 8.75. The second-order valence-corrected chi connectivity index (χ2v) is 7.67. The number of nitrogens with zero attached hydrogens (tertiary/aromatic N) is 1. The maximum Gasteiger partial charge on any atom is 0.243 e. The molecular formula is C13H17ClN2O3S. The van der Waals surface area contributed by atoms with Crippen molar-refractivity contribution < 1.29 is 13.2 Å². The van der Waals surface area contributed by atoms with Gasteiger partial charge in [-0.2, -0.15) is 0 Å². The van der Waals surface area contributed by atoms with Gasteiger partial charge in [0.1, 0.15) is 9.84 Å². The smallest absolute Gasteiger partial charge is 0.243 e. The van der Waals surface area contributed by atoms with E-state index < -0.39 is 15.9 Å². The normalized spacial score (nSPS) is 16.1. The molecule has 1 aliphatic heterocycles. The number of nitrogens with two attached hydrogens (primary N) is 1. The predicted molar refractivity (Wildman–Crippen MR) is 79.8 cm³/mol. The maximum absolute atomic E-state index is 12.3. The van der Waals surface area contributed by atoms with Crippen molar-refractivity contribution in [3.05, 3.63) is 28.8 Å². The highest BCUT2D eigenvalue weighted by Crippen LogP contribution is 2.33. The molecule has 0 aliphatic carbocycles. The molecule has 5 nitrogen and oxygen atoms in total. The third kappa shape index (κ3) is 3.31. The molecule has 2 N–H and O–H groups in total. The van der Waals surface area contributed by atoms with Crippen molar-refractivity contribution in [3.8, 4) is 0 Å². The molecule has 1 aliphatic rings. The molecular weight excluding hydrogens is 300 g/mol. The van der Waals surface area contributed by atoms with Gasteiger partial charge in [-0.25, -0.2) is 8.42 Å². The summed E-state index contributed by atoms with van der Waals surface area (Å²) in [6, 6.07) is 4.59. The molecule has 1 aromatic carbocycles. The van der Waals surface area contributed by atoms with Gasteiger partial charge in [-0.15, -0.1) is 0 Å². The van der Waals surface area contributed by atoms with Crippen LogP contribution in [0.5, 0.6) is 0 Å². The Balaban J connectivity index is 2.11. The van der Waals surface area contributed by atoms with Gasteiger partial charge >= 0.3 is 0 Å². The van der Waals surface area contributed by atoms with Crippen LogP contribution in [-0.2, 0) is 21.1 Å². The minimum Gasteiger partial charge on any atom is -0.320 e. The van der Waals surface area contributed by atoms with Gasteiger partial charge in [0.15, 0.2) is 0 Å². The zero-order chi connectivity index (χ0) is 14.9. The standard InChI is InChI=1S/C13H17ClN2O3S/c1-20(18,19)8-6-11(15)13(17)16-7-5-9-10(14)3-2-4-12(9)16/h2-4,11H,5-8,15H2,1H3/t11-/m1/s1. The van der Waals surface area contributed by atoms with Crippen molar-refractivity contribution >= 4 is 33.0 Å². The molecule has 1 atom stereocenters. The molecule has 1 amide bonds. The Morgan fingerprint density at radius 2 is 2.20 bits per heavy atom. The fourth-order valence-electron chi connectivity index (χ4n) is 2.29. The summed E-state index contributed by atoms with van der Waals surface area (Å²) in [5.74, 6) is -0.342. The maximum atomic E-state index is 12.3. The summed E-state index contributed by atoms with van der Waals surface area (Å²) in [5.41, 5.74) is 7.53. The van der Waals surface area contributed by atoms with Gasteiger partial charge in [-0.3, -0.25) is 4.79 Å². The predicted octanol–water partition coefficient (Wildman–Crippen LogP) is 0.991. The molecule has 0 unspecified atom stereocenters. The topological polar surface area (TPSA) is 80.5 Å². The Hall–Kier alpha value is -1.11. The summed E-state index contributed by atoms with van der Waals surface area (Å²) in [4.78, 5) is 13.9. The summed E-state index contributed by atoms with van der Waals surface area (Å²) >= 11 is 6.09. The number of carbonyl (C=O) groups is 1. The minimum absolute atomic E-state index is 0.0872. The molecule has 7 heteroatoms. The number of hydrogen-bond acceptors (Lipinski definition) is 4. The van der Waals surface area contributed by atoms with Crippen LogP contribution in [-0.4, -0.2) is 38.9 Å². The fraction of sp³-hybridized carbons (Fsp3) is 0.462. The van der Waals surface area contributed by atoms with Crippen LogP contribution in [0.2, 0.25) is 5.02 Å². The molecule has 0 aromatic heterocycles. The minimum atomic E-state index is -3.12. The molecule has 110 valence electrons. The van der Waals surface area contributed by atoms with Gasteiger partial charge in [0.2, 0.25) is 5.91 Å². The van der Waals surface area contributed by atoms with Crippen LogP contribution in [0.25, 0.3) is 0 Å². The molecule has 1 aromatic rings. The number of carbonyl (C=O) groups excluding carboxylic acids is 1. The Kier molecular flexibility index (Phi) is 4.36. The van der Waals surface area contributed by atoms with E-state index in [9.17, 15) is 13.2 Å². The number of amides is 1. The number of sulfone groups is 1. The number of hydrogen-bond donors (Lipinski definition) is 1. The van der Waals surface area contributed by atoms with E-state index in [0.29, 0.717) is 18.0 Å². The summed E-state index contributed by atoms with van der Waals surface area (Å²) < 4.78 is 22.2. The van der Waals surface area contributed by atoms with Crippen molar-refractivity contribution in [2.75, 3.05) is 23.5 Å². The molecule has 0 radical (unpaired) electrons.